The Morgan fingerprint density at radius 1 is 1.23 bits per heavy atom. The lowest BCUT2D eigenvalue weighted by molar-refractivity contribution is -0.129. The van der Waals surface area contributed by atoms with Gasteiger partial charge in [-0.1, -0.05) is 0 Å². The second-order valence-electron chi connectivity index (χ2n) is 8.28. The number of hydrogen-bond acceptors (Lipinski definition) is 6. The van der Waals surface area contributed by atoms with Crippen molar-refractivity contribution >= 4 is 24.4 Å². The monoisotopic (exact) mass is 360 g/mol. The first kappa shape index (κ1) is 19.1. The molecular weight excluding hydrogens is 331 g/mol. The number of piperidine rings is 1. The molecule has 0 aromatic carbocycles. The van der Waals surface area contributed by atoms with E-state index in [0.29, 0.717) is 5.95 Å². The molecule has 0 bridgehead atoms. The number of hydrogen-bond donors (Lipinski definition) is 0. The van der Waals surface area contributed by atoms with Gasteiger partial charge >= 0.3 is 7.12 Å². The molecule has 0 saturated carbocycles. The zero-order valence-corrected chi connectivity index (χ0v) is 16.7. The number of likely N-dealkylation sites (N-methyl/N-ethyl adjacent to an activating group) is 1. The van der Waals surface area contributed by atoms with Gasteiger partial charge in [0.15, 0.2) is 0 Å². The number of rotatable bonds is 3. The van der Waals surface area contributed by atoms with E-state index in [9.17, 15) is 4.79 Å². The number of aromatic nitrogens is 2. The van der Waals surface area contributed by atoms with Crippen molar-refractivity contribution in [3.8, 4) is 0 Å². The van der Waals surface area contributed by atoms with Crippen LogP contribution in [-0.4, -0.2) is 65.3 Å². The molecule has 1 aromatic rings. The quantitative estimate of drug-likeness (QED) is 0.756. The fourth-order valence-electron chi connectivity index (χ4n) is 3.30. The second kappa shape index (κ2) is 6.81. The van der Waals surface area contributed by atoms with E-state index in [-0.39, 0.29) is 23.2 Å². The molecule has 2 aliphatic rings. The van der Waals surface area contributed by atoms with Crippen molar-refractivity contribution in [1.82, 2.24) is 14.9 Å². The van der Waals surface area contributed by atoms with Crippen LogP contribution in [0.2, 0.25) is 0 Å². The first-order valence-electron chi connectivity index (χ1n) is 9.26. The average Bonchev–Trinajstić information content (AvgIpc) is 2.82. The van der Waals surface area contributed by atoms with Crippen molar-refractivity contribution in [3.05, 3.63) is 12.4 Å². The number of carbonyl (C=O) groups excluding carboxylic acids is 1. The maximum Gasteiger partial charge on any atom is 0.498 e. The minimum Gasteiger partial charge on any atom is -0.399 e. The summed E-state index contributed by atoms with van der Waals surface area (Å²) in [5, 5.41) is 0. The largest absolute Gasteiger partial charge is 0.498 e. The van der Waals surface area contributed by atoms with E-state index in [1.807, 2.05) is 39.6 Å². The lowest BCUT2D eigenvalue weighted by Gasteiger charge is -2.37. The summed E-state index contributed by atoms with van der Waals surface area (Å²) in [7, 11) is 1.41. The van der Waals surface area contributed by atoms with Gasteiger partial charge in [-0.05, 0) is 40.5 Å². The fourth-order valence-corrected chi connectivity index (χ4v) is 3.30. The Morgan fingerprint density at radius 2 is 1.81 bits per heavy atom. The number of amides is 1. The number of carbonyl (C=O) groups is 1. The van der Waals surface area contributed by atoms with Gasteiger partial charge in [0.2, 0.25) is 11.9 Å². The van der Waals surface area contributed by atoms with Crippen LogP contribution < -0.4 is 10.4 Å². The lowest BCUT2D eigenvalue weighted by Crippen LogP contribution is -2.48. The van der Waals surface area contributed by atoms with Gasteiger partial charge in [-0.2, -0.15) is 0 Å². The van der Waals surface area contributed by atoms with Gasteiger partial charge in [-0.25, -0.2) is 9.97 Å². The van der Waals surface area contributed by atoms with Gasteiger partial charge in [0.05, 0.1) is 11.2 Å². The highest BCUT2D eigenvalue weighted by atomic mass is 16.7. The molecule has 0 radical (unpaired) electrons. The fraction of sp³-hybridized carbons (Fsp3) is 0.722. The maximum atomic E-state index is 11.6. The summed E-state index contributed by atoms with van der Waals surface area (Å²) in [4.78, 5) is 24.6. The van der Waals surface area contributed by atoms with Crippen molar-refractivity contribution in [1.29, 1.82) is 0 Å². The van der Waals surface area contributed by atoms with Crippen LogP contribution in [0.15, 0.2) is 12.4 Å². The molecule has 1 amide bonds. The molecule has 1 unspecified atom stereocenters. The van der Waals surface area contributed by atoms with E-state index in [4.69, 9.17) is 9.31 Å². The molecule has 0 spiro atoms. The van der Waals surface area contributed by atoms with E-state index >= 15 is 0 Å². The van der Waals surface area contributed by atoms with E-state index in [2.05, 4.69) is 14.9 Å². The van der Waals surface area contributed by atoms with Gasteiger partial charge in [-0.15, -0.1) is 0 Å². The minimum atomic E-state index is -0.452. The predicted octanol–water partition coefficient (Wildman–Crippen LogP) is 1.22. The van der Waals surface area contributed by atoms with Gasteiger partial charge in [0.1, 0.15) is 0 Å². The van der Waals surface area contributed by atoms with Crippen LogP contribution in [0, 0.1) is 0 Å². The Hall–Kier alpha value is -1.67. The number of anilines is 1. The molecule has 2 aliphatic heterocycles. The zero-order chi connectivity index (χ0) is 19.1. The van der Waals surface area contributed by atoms with Gasteiger partial charge < -0.3 is 19.1 Å². The van der Waals surface area contributed by atoms with Crippen LogP contribution in [0.3, 0.4) is 0 Å². The SMILES string of the molecule is CC(=O)N(C)C1CCCN(c2ncc(B3OC(C)(C)C(C)(C)O3)cn2)C1. The highest BCUT2D eigenvalue weighted by molar-refractivity contribution is 6.61. The van der Waals surface area contributed by atoms with Crippen LogP contribution in [0.25, 0.3) is 0 Å². The highest BCUT2D eigenvalue weighted by Gasteiger charge is 2.52. The second-order valence-corrected chi connectivity index (χ2v) is 8.28. The highest BCUT2D eigenvalue weighted by Crippen LogP contribution is 2.36. The molecule has 1 aromatic heterocycles. The van der Waals surface area contributed by atoms with E-state index in [0.717, 1.165) is 31.4 Å². The molecule has 1 atom stereocenters. The van der Waals surface area contributed by atoms with Crippen molar-refractivity contribution in [2.45, 2.75) is 64.7 Å². The van der Waals surface area contributed by atoms with Crippen LogP contribution in [-0.2, 0) is 14.1 Å². The van der Waals surface area contributed by atoms with Gasteiger partial charge in [-0.3, -0.25) is 4.79 Å². The van der Waals surface area contributed by atoms with Gasteiger partial charge in [0, 0.05) is 51.0 Å². The lowest BCUT2D eigenvalue weighted by atomic mass is 9.81. The normalized spacial score (nSPS) is 24.6. The molecule has 2 saturated heterocycles. The summed E-state index contributed by atoms with van der Waals surface area (Å²) in [5.41, 5.74) is 0.0586. The molecule has 7 nitrogen and oxygen atoms in total. The summed E-state index contributed by atoms with van der Waals surface area (Å²) in [6.45, 7) is 11.4. The molecular formula is C18H29BN4O3. The van der Waals surface area contributed by atoms with E-state index < -0.39 is 7.12 Å². The van der Waals surface area contributed by atoms with Crippen molar-refractivity contribution < 1.29 is 14.1 Å². The molecule has 3 heterocycles. The average molecular weight is 360 g/mol. The summed E-state index contributed by atoms with van der Waals surface area (Å²) in [6.07, 6.45) is 5.59. The Bertz CT molecular complexity index is 649. The standard InChI is InChI=1S/C18H29BN4O3/c1-13(24)22(6)15-8-7-9-23(12-15)16-20-10-14(11-21-16)19-25-17(2,3)18(4,5)26-19/h10-11,15H,7-9,12H2,1-6H3. The Balaban J connectivity index is 1.69. The first-order chi connectivity index (χ1) is 12.1. The Kier molecular flexibility index (Phi) is 5.01. The van der Waals surface area contributed by atoms with Crippen LogP contribution in [0.1, 0.15) is 47.5 Å². The molecule has 142 valence electrons. The van der Waals surface area contributed by atoms with Crippen molar-refractivity contribution in [3.63, 3.8) is 0 Å². The van der Waals surface area contributed by atoms with Gasteiger partial charge in [0.25, 0.3) is 0 Å². The molecule has 2 fully saturated rings. The topological polar surface area (TPSA) is 67.8 Å². The Morgan fingerprint density at radius 3 is 2.35 bits per heavy atom. The molecule has 26 heavy (non-hydrogen) atoms. The third-order valence-corrected chi connectivity index (χ3v) is 5.91. The summed E-state index contributed by atoms with van der Waals surface area (Å²) in [6, 6.07) is 0.202. The van der Waals surface area contributed by atoms with Crippen LogP contribution in [0.5, 0.6) is 0 Å². The van der Waals surface area contributed by atoms with E-state index in [1.165, 1.54) is 0 Å². The predicted molar refractivity (Wildman–Crippen MR) is 101 cm³/mol. The summed E-state index contributed by atoms with van der Waals surface area (Å²) in [5.74, 6) is 0.779. The molecule has 8 heteroatoms. The maximum absolute atomic E-state index is 11.6. The third-order valence-electron chi connectivity index (χ3n) is 5.91. The van der Waals surface area contributed by atoms with Crippen LogP contribution >= 0.6 is 0 Å². The smallest absolute Gasteiger partial charge is 0.399 e. The van der Waals surface area contributed by atoms with Crippen molar-refractivity contribution in [2.24, 2.45) is 0 Å². The molecule has 0 aliphatic carbocycles. The van der Waals surface area contributed by atoms with E-state index in [1.54, 1.807) is 19.3 Å². The summed E-state index contributed by atoms with van der Waals surface area (Å²) < 4.78 is 12.1. The number of nitrogens with zero attached hydrogens (tertiary/aromatic N) is 4. The Labute approximate surface area is 156 Å². The molecule has 0 N–H and O–H groups in total. The molecule has 3 rings (SSSR count). The first-order valence-corrected chi connectivity index (χ1v) is 9.26. The minimum absolute atomic E-state index is 0.0916. The summed E-state index contributed by atoms with van der Waals surface area (Å²) >= 11 is 0. The van der Waals surface area contributed by atoms with Crippen LogP contribution in [0.4, 0.5) is 5.95 Å². The van der Waals surface area contributed by atoms with Crippen molar-refractivity contribution in [2.75, 3.05) is 25.0 Å². The zero-order valence-electron chi connectivity index (χ0n) is 16.7. The third kappa shape index (κ3) is 3.57.